The Morgan fingerprint density at radius 2 is 2.28 bits per heavy atom. The van der Waals surface area contributed by atoms with E-state index in [1.807, 2.05) is 6.92 Å². The topological polar surface area (TPSA) is 83.3 Å². The third kappa shape index (κ3) is 3.43. The highest BCUT2D eigenvalue weighted by molar-refractivity contribution is 5.80. The number of amides is 1. The van der Waals surface area contributed by atoms with Gasteiger partial charge in [0.25, 0.3) is 0 Å². The highest BCUT2D eigenvalue weighted by Crippen LogP contribution is 2.19. The van der Waals surface area contributed by atoms with Crippen molar-refractivity contribution >= 4 is 11.9 Å². The molecule has 0 atom stereocenters. The van der Waals surface area contributed by atoms with Gasteiger partial charge in [0, 0.05) is 19.6 Å². The van der Waals surface area contributed by atoms with E-state index < -0.39 is 0 Å². The quantitative estimate of drug-likeness (QED) is 0.705. The summed E-state index contributed by atoms with van der Waals surface area (Å²) in [5.74, 6) is 0.486. The lowest BCUT2D eigenvalue weighted by Crippen LogP contribution is -2.35. The van der Waals surface area contributed by atoms with Gasteiger partial charge in [-0.3, -0.25) is 4.79 Å². The second-order valence-corrected chi connectivity index (χ2v) is 4.32. The van der Waals surface area contributed by atoms with Gasteiger partial charge in [0.15, 0.2) is 0 Å². The lowest BCUT2D eigenvalue weighted by atomic mass is 10.5. The van der Waals surface area contributed by atoms with Crippen molar-refractivity contribution in [3.63, 3.8) is 0 Å². The number of aromatic nitrogens is 2. The number of carbonyl (C=O) groups excluding carboxylic acids is 1. The standard InChI is InChI=1S/C11H19N5O2/c1-3-16(7-9(17)12-2)11-15-14-10(18-11)6-13-8-4-5-8/h8,13H,3-7H2,1-2H3,(H,12,17). The molecule has 0 spiro atoms. The molecule has 2 N–H and O–H groups in total. The molecule has 1 aromatic heterocycles. The van der Waals surface area contributed by atoms with Crippen molar-refractivity contribution in [2.45, 2.75) is 32.4 Å². The minimum Gasteiger partial charge on any atom is -0.407 e. The molecule has 1 aromatic rings. The number of nitrogens with one attached hydrogen (secondary N) is 2. The fourth-order valence-corrected chi connectivity index (χ4v) is 1.53. The molecule has 0 saturated heterocycles. The van der Waals surface area contributed by atoms with E-state index in [1.165, 1.54) is 12.8 Å². The first kappa shape index (κ1) is 12.8. The van der Waals surface area contributed by atoms with Crippen LogP contribution in [0.15, 0.2) is 4.42 Å². The molecule has 1 aliphatic rings. The smallest absolute Gasteiger partial charge is 0.318 e. The fraction of sp³-hybridized carbons (Fsp3) is 0.727. The van der Waals surface area contributed by atoms with Crippen molar-refractivity contribution in [1.82, 2.24) is 20.8 Å². The zero-order valence-electron chi connectivity index (χ0n) is 10.8. The van der Waals surface area contributed by atoms with Crippen molar-refractivity contribution in [3.05, 3.63) is 5.89 Å². The van der Waals surface area contributed by atoms with Crippen molar-refractivity contribution in [2.24, 2.45) is 0 Å². The molecule has 100 valence electrons. The molecule has 0 bridgehead atoms. The minimum atomic E-state index is -0.0762. The summed E-state index contributed by atoms with van der Waals surface area (Å²) in [6.45, 7) is 3.40. The van der Waals surface area contributed by atoms with Crippen molar-refractivity contribution in [1.29, 1.82) is 0 Å². The number of hydrogen-bond acceptors (Lipinski definition) is 6. The Morgan fingerprint density at radius 3 is 2.89 bits per heavy atom. The summed E-state index contributed by atoms with van der Waals surface area (Å²) in [5, 5.41) is 13.8. The maximum absolute atomic E-state index is 11.3. The number of anilines is 1. The van der Waals surface area contributed by atoms with Crippen LogP contribution in [0.2, 0.25) is 0 Å². The molecule has 1 saturated carbocycles. The normalized spacial score (nSPS) is 14.6. The number of hydrogen-bond donors (Lipinski definition) is 2. The molecule has 2 rings (SSSR count). The van der Waals surface area contributed by atoms with E-state index in [9.17, 15) is 4.79 Å². The molecule has 1 heterocycles. The minimum absolute atomic E-state index is 0.0762. The molecule has 1 amide bonds. The average Bonchev–Trinajstić information content (AvgIpc) is 3.11. The molecule has 7 nitrogen and oxygen atoms in total. The summed E-state index contributed by atoms with van der Waals surface area (Å²) in [7, 11) is 1.61. The summed E-state index contributed by atoms with van der Waals surface area (Å²) in [6, 6.07) is 1.00. The van der Waals surface area contributed by atoms with Crippen LogP contribution in [0.4, 0.5) is 6.01 Å². The number of nitrogens with zero attached hydrogens (tertiary/aromatic N) is 3. The van der Waals surface area contributed by atoms with Crippen molar-refractivity contribution in [2.75, 3.05) is 25.0 Å². The molecule has 1 aliphatic carbocycles. The van der Waals surface area contributed by atoms with Crippen LogP contribution in [-0.2, 0) is 11.3 Å². The molecular weight excluding hydrogens is 234 g/mol. The van der Waals surface area contributed by atoms with E-state index in [1.54, 1.807) is 11.9 Å². The van der Waals surface area contributed by atoms with Gasteiger partial charge >= 0.3 is 6.01 Å². The summed E-state index contributed by atoms with van der Waals surface area (Å²) >= 11 is 0. The maximum atomic E-state index is 11.3. The molecular formula is C11H19N5O2. The Bertz CT molecular complexity index is 402. The monoisotopic (exact) mass is 253 g/mol. The summed E-state index contributed by atoms with van der Waals surface area (Å²) in [6.07, 6.45) is 2.44. The first-order valence-electron chi connectivity index (χ1n) is 6.24. The zero-order valence-corrected chi connectivity index (χ0v) is 10.8. The van der Waals surface area contributed by atoms with Gasteiger partial charge in [0.2, 0.25) is 11.8 Å². The third-order valence-corrected chi connectivity index (χ3v) is 2.84. The maximum Gasteiger partial charge on any atom is 0.318 e. The molecule has 0 aromatic carbocycles. The third-order valence-electron chi connectivity index (χ3n) is 2.84. The molecule has 18 heavy (non-hydrogen) atoms. The highest BCUT2D eigenvalue weighted by atomic mass is 16.4. The van der Waals surface area contributed by atoms with Crippen LogP contribution in [0.25, 0.3) is 0 Å². The van der Waals surface area contributed by atoms with E-state index in [4.69, 9.17) is 4.42 Å². The Balaban J connectivity index is 1.90. The molecule has 7 heteroatoms. The van der Waals surface area contributed by atoms with E-state index in [0.29, 0.717) is 31.0 Å². The second kappa shape index (κ2) is 5.81. The SMILES string of the molecule is CCN(CC(=O)NC)c1nnc(CNC2CC2)o1. The lowest BCUT2D eigenvalue weighted by molar-refractivity contribution is -0.119. The predicted octanol–water partition coefficient (Wildman–Crippen LogP) is -0.106. The predicted molar refractivity (Wildman–Crippen MR) is 66.1 cm³/mol. The van der Waals surface area contributed by atoms with Crippen molar-refractivity contribution < 1.29 is 9.21 Å². The van der Waals surface area contributed by atoms with Gasteiger partial charge in [-0.2, -0.15) is 0 Å². The number of rotatable bonds is 7. The average molecular weight is 253 g/mol. The van der Waals surface area contributed by atoms with Gasteiger partial charge < -0.3 is 20.0 Å². The van der Waals surface area contributed by atoms with E-state index in [-0.39, 0.29) is 12.5 Å². The fourth-order valence-electron chi connectivity index (χ4n) is 1.53. The molecule has 0 unspecified atom stereocenters. The highest BCUT2D eigenvalue weighted by Gasteiger charge is 2.22. The second-order valence-electron chi connectivity index (χ2n) is 4.32. The Kier molecular flexibility index (Phi) is 4.14. The van der Waals surface area contributed by atoms with E-state index in [2.05, 4.69) is 20.8 Å². The summed E-state index contributed by atoms with van der Waals surface area (Å²) in [4.78, 5) is 13.1. The number of carbonyl (C=O) groups is 1. The van der Waals surface area contributed by atoms with Gasteiger partial charge in [0.1, 0.15) is 6.54 Å². The Labute approximate surface area is 106 Å². The van der Waals surface area contributed by atoms with Gasteiger partial charge in [-0.05, 0) is 19.8 Å². The van der Waals surface area contributed by atoms with Crippen LogP contribution < -0.4 is 15.5 Å². The van der Waals surface area contributed by atoms with Gasteiger partial charge in [-0.25, -0.2) is 0 Å². The van der Waals surface area contributed by atoms with Crippen LogP contribution in [-0.4, -0.2) is 42.3 Å². The largest absolute Gasteiger partial charge is 0.407 e. The van der Waals surface area contributed by atoms with Crippen LogP contribution >= 0.6 is 0 Å². The Hall–Kier alpha value is -1.63. The van der Waals surface area contributed by atoms with Crippen molar-refractivity contribution in [3.8, 4) is 0 Å². The first-order valence-corrected chi connectivity index (χ1v) is 6.24. The molecule has 0 radical (unpaired) electrons. The lowest BCUT2D eigenvalue weighted by Gasteiger charge is -2.16. The first-order chi connectivity index (χ1) is 8.72. The zero-order chi connectivity index (χ0) is 13.0. The van der Waals surface area contributed by atoms with Crippen LogP contribution in [0, 0.1) is 0 Å². The molecule has 1 fully saturated rings. The van der Waals surface area contributed by atoms with Crippen LogP contribution in [0.5, 0.6) is 0 Å². The molecule has 0 aliphatic heterocycles. The van der Waals surface area contributed by atoms with Crippen LogP contribution in [0.1, 0.15) is 25.7 Å². The summed E-state index contributed by atoms with van der Waals surface area (Å²) < 4.78 is 5.52. The van der Waals surface area contributed by atoms with Gasteiger partial charge in [-0.1, -0.05) is 5.10 Å². The summed E-state index contributed by atoms with van der Waals surface area (Å²) in [5.41, 5.74) is 0. The van der Waals surface area contributed by atoms with E-state index in [0.717, 1.165) is 0 Å². The van der Waals surface area contributed by atoms with E-state index >= 15 is 0 Å². The van der Waals surface area contributed by atoms with Gasteiger partial charge in [0.05, 0.1) is 6.54 Å². The Morgan fingerprint density at radius 1 is 1.50 bits per heavy atom. The van der Waals surface area contributed by atoms with Crippen LogP contribution in [0.3, 0.4) is 0 Å². The number of likely N-dealkylation sites (N-methyl/N-ethyl adjacent to an activating group) is 2. The van der Waals surface area contributed by atoms with Gasteiger partial charge in [-0.15, -0.1) is 5.10 Å².